The number of rotatable bonds is 5. The SMILES string of the molecule is CCCSc1sc([C@@H](C)O)cc1[N+](=O)[O-]. The molecule has 1 atom stereocenters. The number of aliphatic hydroxyl groups is 1. The molecule has 0 aromatic carbocycles. The number of nitrogens with zero attached hydrogens (tertiary/aromatic N) is 1. The van der Waals surface area contributed by atoms with Gasteiger partial charge in [0.25, 0.3) is 5.69 Å². The van der Waals surface area contributed by atoms with Crippen LogP contribution in [0.2, 0.25) is 0 Å². The normalized spacial score (nSPS) is 12.7. The molecule has 1 N–H and O–H groups in total. The molecule has 15 heavy (non-hydrogen) atoms. The van der Waals surface area contributed by atoms with Crippen LogP contribution in [-0.2, 0) is 0 Å². The van der Waals surface area contributed by atoms with Crippen LogP contribution in [-0.4, -0.2) is 15.8 Å². The summed E-state index contributed by atoms with van der Waals surface area (Å²) in [5, 5.41) is 20.1. The average Bonchev–Trinajstić information content (AvgIpc) is 2.58. The maximum Gasteiger partial charge on any atom is 0.294 e. The predicted octanol–water partition coefficient (Wildman–Crippen LogP) is 3.21. The molecule has 0 unspecified atom stereocenters. The molecule has 0 aliphatic rings. The van der Waals surface area contributed by atoms with Crippen molar-refractivity contribution in [1.29, 1.82) is 0 Å². The van der Waals surface area contributed by atoms with Crippen LogP contribution in [0.25, 0.3) is 0 Å². The van der Waals surface area contributed by atoms with Crippen molar-refractivity contribution in [3.05, 3.63) is 21.1 Å². The molecule has 0 amide bonds. The van der Waals surface area contributed by atoms with Crippen LogP contribution in [0, 0.1) is 10.1 Å². The van der Waals surface area contributed by atoms with Crippen LogP contribution in [0.4, 0.5) is 5.69 Å². The lowest BCUT2D eigenvalue weighted by atomic mass is 10.3. The molecule has 0 aliphatic heterocycles. The highest BCUT2D eigenvalue weighted by Gasteiger charge is 2.20. The topological polar surface area (TPSA) is 63.4 Å². The van der Waals surface area contributed by atoms with Crippen LogP contribution in [0.3, 0.4) is 0 Å². The monoisotopic (exact) mass is 247 g/mol. The second kappa shape index (κ2) is 5.48. The molecule has 0 saturated heterocycles. The van der Waals surface area contributed by atoms with Crippen molar-refractivity contribution in [3.63, 3.8) is 0 Å². The quantitative estimate of drug-likeness (QED) is 0.493. The summed E-state index contributed by atoms with van der Waals surface area (Å²) in [7, 11) is 0. The first-order valence-corrected chi connectivity index (χ1v) is 6.45. The molecule has 1 aromatic rings. The van der Waals surface area contributed by atoms with Crippen molar-refractivity contribution in [2.45, 2.75) is 30.6 Å². The molecular formula is C9H13NO3S2. The van der Waals surface area contributed by atoms with E-state index in [1.807, 2.05) is 6.92 Å². The van der Waals surface area contributed by atoms with Crippen LogP contribution in [0.5, 0.6) is 0 Å². The van der Waals surface area contributed by atoms with Gasteiger partial charge in [-0.05, 0) is 19.1 Å². The number of aliphatic hydroxyl groups excluding tert-OH is 1. The highest BCUT2D eigenvalue weighted by molar-refractivity contribution is 8.01. The predicted molar refractivity (Wildman–Crippen MR) is 62.6 cm³/mol. The highest BCUT2D eigenvalue weighted by atomic mass is 32.2. The Morgan fingerprint density at radius 2 is 2.40 bits per heavy atom. The van der Waals surface area contributed by atoms with Gasteiger partial charge in [0.1, 0.15) is 4.21 Å². The van der Waals surface area contributed by atoms with E-state index in [1.54, 1.807) is 6.92 Å². The van der Waals surface area contributed by atoms with Gasteiger partial charge in [0, 0.05) is 10.9 Å². The fraction of sp³-hybridized carbons (Fsp3) is 0.556. The smallest absolute Gasteiger partial charge is 0.294 e. The molecule has 0 aliphatic carbocycles. The van der Waals surface area contributed by atoms with E-state index in [0.717, 1.165) is 12.2 Å². The van der Waals surface area contributed by atoms with Gasteiger partial charge in [0.15, 0.2) is 0 Å². The van der Waals surface area contributed by atoms with E-state index >= 15 is 0 Å². The summed E-state index contributed by atoms with van der Waals surface area (Å²) in [5.41, 5.74) is 0.120. The first-order chi connectivity index (χ1) is 7.06. The van der Waals surface area contributed by atoms with Gasteiger partial charge in [0.2, 0.25) is 0 Å². The Labute approximate surface area is 96.5 Å². The van der Waals surface area contributed by atoms with Gasteiger partial charge in [-0.3, -0.25) is 10.1 Å². The Balaban J connectivity index is 2.95. The van der Waals surface area contributed by atoms with Gasteiger partial charge in [-0.1, -0.05) is 6.92 Å². The average molecular weight is 247 g/mol. The number of hydrogen-bond donors (Lipinski definition) is 1. The molecule has 1 heterocycles. The Morgan fingerprint density at radius 1 is 1.73 bits per heavy atom. The number of nitro groups is 1. The molecule has 4 nitrogen and oxygen atoms in total. The van der Waals surface area contributed by atoms with Crippen LogP contribution < -0.4 is 0 Å². The fourth-order valence-electron chi connectivity index (χ4n) is 1.01. The minimum atomic E-state index is -0.635. The second-order valence-corrected chi connectivity index (χ2v) is 5.55. The molecule has 1 aromatic heterocycles. The van der Waals surface area contributed by atoms with E-state index in [-0.39, 0.29) is 10.6 Å². The lowest BCUT2D eigenvalue weighted by molar-refractivity contribution is -0.387. The van der Waals surface area contributed by atoms with Crippen LogP contribution in [0.15, 0.2) is 10.3 Å². The number of hydrogen-bond acceptors (Lipinski definition) is 5. The van der Waals surface area contributed by atoms with Crippen molar-refractivity contribution in [1.82, 2.24) is 0 Å². The summed E-state index contributed by atoms with van der Waals surface area (Å²) in [6.07, 6.45) is 0.341. The molecule has 1 rings (SSSR count). The Hall–Kier alpha value is -0.590. The molecule has 0 bridgehead atoms. The van der Waals surface area contributed by atoms with E-state index in [0.29, 0.717) is 9.09 Å². The van der Waals surface area contributed by atoms with Gasteiger partial charge in [-0.25, -0.2) is 0 Å². The minimum Gasteiger partial charge on any atom is -0.388 e. The zero-order valence-corrected chi connectivity index (χ0v) is 10.2. The lowest BCUT2D eigenvalue weighted by Gasteiger charge is -1.96. The molecule has 0 radical (unpaired) electrons. The maximum atomic E-state index is 10.7. The number of thioether (sulfide) groups is 1. The molecule has 6 heteroatoms. The van der Waals surface area contributed by atoms with Crippen LogP contribution in [0.1, 0.15) is 31.2 Å². The zero-order valence-electron chi connectivity index (χ0n) is 8.60. The zero-order chi connectivity index (χ0) is 11.4. The third-order valence-corrected chi connectivity index (χ3v) is 4.52. The maximum absolute atomic E-state index is 10.7. The molecule has 0 spiro atoms. The van der Waals surface area contributed by atoms with Crippen molar-refractivity contribution >= 4 is 28.8 Å². The van der Waals surface area contributed by atoms with Gasteiger partial charge in [-0.15, -0.1) is 23.1 Å². The molecular weight excluding hydrogens is 234 g/mol. The standard InChI is InChI=1S/C9H13NO3S2/c1-3-4-14-9-7(10(12)13)5-8(15-9)6(2)11/h5-6,11H,3-4H2,1-2H3/t6-/m1/s1. The number of thiophene rings is 1. The Morgan fingerprint density at radius 3 is 2.87 bits per heavy atom. The summed E-state index contributed by atoms with van der Waals surface area (Å²) >= 11 is 2.79. The largest absolute Gasteiger partial charge is 0.388 e. The van der Waals surface area contributed by atoms with E-state index < -0.39 is 6.10 Å². The fourth-order valence-corrected chi connectivity index (χ4v) is 3.25. The van der Waals surface area contributed by atoms with E-state index in [1.165, 1.54) is 29.2 Å². The summed E-state index contributed by atoms with van der Waals surface area (Å²) in [6, 6.07) is 1.47. The highest BCUT2D eigenvalue weighted by Crippen LogP contribution is 2.39. The van der Waals surface area contributed by atoms with Gasteiger partial charge in [0.05, 0.1) is 11.0 Å². The van der Waals surface area contributed by atoms with Crippen molar-refractivity contribution < 1.29 is 10.0 Å². The molecule has 84 valence electrons. The van der Waals surface area contributed by atoms with Crippen molar-refractivity contribution in [2.24, 2.45) is 0 Å². The summed E-state index contributed by atoms with van der Waals surface area (Å²) in [6.45, 7) is 3.64. The third-order valence-electron chi connectivity index (χ3n) is 1.74. The van der Waals surface area contributed by atoms with Gasteiger partial charge < -0.3 is 5.11 Å². The molecule has 0 saturated carbocycles. The first-order valence-electron chi connectivity index (χ1n) is 4.65. The third kappa shape index (κ3) is 3.19. The van der Waals surface area contributed by atoms with E-state index in [2.05, 4.69) is 0 Å². The summed E-state index contributed by atoms with van der Waals surface area (Å²) < 4.78 is 0.692. The lowest BCUT2D eigenvalue weighted by Crippen LogP contribution is -1.87. The van der Waals surface area contributed by atoms with Gasteiger partial charge in [-0.2, -0.15) is 0 Å². The Bertz CT molecular complexity index is 349. The van der Waals surface area contributed by atoms with Crippen molar-refractivity contribution in [2.75, 3.05) is 5.75 Å². The molecule has 0 fully saturated rings. The van der Waals surface area contributed by atoms with Gasteiger partial charge >= 0.3 is 0 Å². The van der Waals surface area contributed by atoms with Crippen LogP contribution >= 0.6 is 23.1 Å². The summed E-state index contributed by atoms with van der Waals surface area (Å²) in [4.78, 5) is 11.0. The minimum absolute atomic E-state index is 0.120. The van der Waals surface area contributed by atoms with E-state index in [4.69, 9.17) is 0 Å². The second-order valence-electron chi connectivity index (χ2n) is 3.10. The van der Waals surface area contributed by atoms with E-state index in [9.17, 15) is 15.2 Å². The Kier molecular flexibility index (Phi) is 4.56. The summed E-state index contributed by atoms with van der Waals surface area (Å²) in [5.74, 6) is 0.862. The first kappa shape index (κ1) is 12.5. The van der Waals surface area contributed by atoms with Crippen molar-refractivity contribution in [3.8, 4) is 0 Å².